The summed E-state index contributed by atoms with van der Waals surface area (Å²) in [4.78, 5) is 24.6. The number of anilines is 1. The number of aryl methyl sites for hydroxylation is 1. The van der Waals surface area contributed by atoms with Gasteiger partial charge in [-0.3, -0.25) is 9.59 Å². The molecule has 0 aliphatic carbocycles. The van der Waals surface area contributed by atoms with Crippen LogP contribution in [0.3, 0.4) is 0 Å². The van der Waals surface area contributed by atoms with Crippen LogP contribution in [0.2, 0.25) is 0 Å². The molecule has 0 saturated carbocycles. The molecule has 0 bridgehead atoms. The Balaban J connectivity index is 1.71. The zero-order chi connectivity index (χ0) is 21.0. The number of ketones is 1. The summed E-state index contributed by atoms with van der Waals surface area (Å²) in [7, 11) is 0. The minimum absolute atomic E-state index is 0.0314. The second-order valence-electron chi connectivity index (χ2n) is 7.01. The minimum Gasteiger partial charge on any atom is -0.326 e. The second kappa shape index (κ2) is 9.00. The Labute approximate surface area is 173 Å². The van der Waals surface area contributed by atoms with E-state index in [1.807, 2.05) is 52.0 Å². The first-order valence-electron chi connectivity index (χ1n) is 9.33. The summed E-state index contributed by atoms with van der Waals surface area (Å²) in [5, 5.41) is 14.9. The van der Waals surface area contributed by atoms with Crippen LogP contribution in [-0.4, -0.2) is 37.1 Å². The van der Waals surface area contributed by atoms with Gasteiger partial charge in [0.2, 0.25) is 11.1 Å². The van der Waals surface area contributed by atoms with Crippen LogP contribution in [0.1, 0.15) is 36.7 Å². The maximum absolute atomic E-state index is 12.8. The fraction of sp³-hybridized carbons (Fsp3) is 0.286. The standard InChI is InChI=1S/C21H23N5O2S/c1-13(2)20(28)22-17-11-9-16(10-12-17)19(27)15(4)29-21-23-24-25-26(21)18-8-6-5-7-14(18)3/h5-13,15H,1-4H3,(H,22,28). The van der Waals surface area contributed by atoms with Gasteiger partial charge in [-0.15, -0.1) is 5.10 Å². The van der Waals surface area contributed by atoms with Crippen molar-refractivity contribution in [3.05, 3.63) is 59.7 Å². The van der Waals surface area contributed by atoms with Gasteiger partial charge in [-0.1, -0.05) is 43.8 Å². The van der Waals surface area contributed by atoms with E-state index in [0.717, 1.165) is 11.3 Å². The number of carbonyl (C=O) groups is 2. The van der Waals surface area contributed by atoms with Crippen LogP contribution in [0.4, 0.5) is 5.69 Å². The average molecular weight is 410 g/mol. The van der Waals surface area contributed by atoms with Crippen LogP contribution in [0.25, 0.3) is 5.69 Å². The summed E-state index contributed by atoms with van der Waals surface area (Å²) in [5.74, 6) is -0.195. The van der Waals surface area contributed by atoms with Crippen molar-refractivity contribution in [3.8, 4) is 5.69 Å². The van der Waals surface area contributed by atoms with Gasteiger partial charge in [0.1, 0.15) is 0 Å². The molecule has 150 valence electrons. The number of rotatable bonds is 7. The molecular weight excluding hydrogens is 386 g/mol. The number of nitrogens with zero attached hydrogens (tertiary/aromatic N) is 4. The fourth-order valence-electron chi connectivity index (χ4n) is 2.66. The quantitative estimate of drug-likeness (QED) is 0.470. The molecule has 1 unspecified atom stereocenters. The Hall–Kier alpha value is -3.00. The lowest BCUT2D eigenvalue weighted by atomic mass is 10.1. The molecule has 3 rings (SSSR count). The van der Waals surface area contributed by atoms with E-state index < -0.39 is 0 Å². The molecule has 8 heteroatoms. The molecule has 0 saturated heterocycles. The van der Waals surface area contributed by atoms with Gasteiger partial charge in [0.25, 0.3) is 0 Å². The van der Waals surface area contributed by atoms with Crippen molar-refractivity contribution in [2.24, 2.45) is 5.92 Å². The van der Waals surface area contributed by atoms with Gasteiger partial charge in [0, 0.05) is 17.2 Å². The third-order valence-electron chi connectivity index (χ3n) is 4.40. The maximum Gasteiger partial charge on any atom is 0.226 e. The lowest BCUT2D eigenvalue weighted by molar-refractivity contribution is -0.118. The number of benzene rings is 2. The number of nitrogens with one attached hydrogen (secondary N) is 1. The third kappa shape index (κ3) is 4.89. The molecule has 1 amide bonds. The van der Waals surface area contributed by atoms with Crippen LogP contribution in [0.15, 0.2) is 53.7 Å². The zero-order valence-corrected chi connectivity index (χ0v) is 17.6. The SMILES string of the molecule is Cc1ccccc1-n1nnnc1SC(C)C(=O)c1ccc(NC(=O)C(C)C)cc1. The van der Waals surface area contributed by atoms with E-state index in [1.54, 1.807) is 28.9 Å². The topological polar surface area (TPSA) is 89.8 Å². The fourth-order valence-corrected chi connectivity index (χ4v) is 3.53. The normalized spacial score (nSPS) is 12.0. The van der Waals surface area contributed by atoms with Crippen molar-refractivity contribution in [1.82, 2.24) is 20.2 Å². The van der Waals surface area contributed by atoms with E-state index in [2.05, 4.69) is 20.8 Å². The van der Waals surface area contributed by atoms with E-state index in [9.17, 15) is 9.59 Å². The first-order chi connectivity index (χ1) is 13.9. The number of aromatic nitrogens is 4. The van der Waals surface area contributed by atoms with Crippen molar-refractivity contribution in [2.45, 2.75) is 38.1 Å². The van der Waals surface area contributed by atoms with Crippen LogP contribution in [0.5, 0.6) is 0 Å². The van der Waals surface area contributed by atoms with E-state index in [1.165, 1.54) is 11.8 Å². The number of thioether (sulfide) groups is 1. The van der Waals surface area contributed by atoms with Crippen LogP contribution >= 0.6 is 11.8 Å². The molecule has 1 aromatic heterocycles. The van der Waals surface area contributed by atoms with Crippen LogP contribution in [0, 0.1) is 12.8 Å². The number of tetrazole rings is 1. The average Bonchev–Trinajstić information content (AvgIpc) is 3.16. The molecule has 1 heterocycles. The molecule has 7 nitrogen and oxygen atoms in total. The Morgan fingerprint density at radius 3 is 2.38 bits per heavy atom. The molecule has 2 aromatic carbocycles. The zero-order valence-electron chi connectivity index (χ0n) is 16.8. The molecule has 0 aliphatic heterocycles. The molecule has 1 atom stereocenters. The van der Waals surface area contributed by atoms with Gasteiger partial charge in [-0.25, -0.2) is 0 Å². The van der Waals surface area contributed by atoms with Gasteiger partial charge in [-0.2, -0.15) is 4.68 Å². The lowest BCUT2D eigenvalue weighted by Crippen LogP contribution is -2.18. The van der Waals surface area contributed by atoms with E-state index in [0.29, 0.717) is 16.4 Å². The van der Waals surface area contributed by atoms with Crippen molar-refractivity contribution in [3.63, 3.8) is 0 Å². The number of Topliss-reactive ketones (excluding diaryl/α,β-unsaturated/α-hetero) is 1. The van der Waals surface area contributed by atoms with Crippen molar-refractivity contribution in [1.29, 1.82) is 0 Å². The number of amides is 1. The van der Waals surface area contributed by atoms with Gasteiger partial charge >= 0.3 is 0 Å². The summed E-state index contributed by atoms with van der Waals surface area (Å²) in [6, 6.07) is 14.7. The van der Waals surface area contributed by atoms with Crippen molar-refractivity contribution >= 4 is 29.1 Å². The Kier molecular flexibility index (Phi) is 6.43. The third-order valence-corrected chi connectivity index (χ3v) is 5.43. The van der Waals surface area contributed by atoms with Gasteiger partial charge in [0.05, 0.1) is 10.9 Å². The Bertz CT molecular complexity index is 1010. The number of carbonyl (C=O) groups excluding carboxylic acids is 2. The molecular formula is C21H23N5O2S. The second-order valence-corrected chi connectivity index (χ2v) is 8.31. The molecule has 3 aromatic rings. The number of para-hydroxylation sites is 1. The highest BCUT2D eigenvalue weighted by Crippen LogP contribution is 2.26. The molecule has 0 fully saturated rings. The summed E-state index contributed by atoms with van der Waals surface area (Å²) in [6.07, 6.45) is 0. The largest absolute Gasteiger partial charge is 0.326 e. The summed E-state index contributed by atoms with van der Waals surface area (Å²) < 4.78 is 1.65. The molecule has 1 N–H and O–H groups in total. The highest BCUT2D eigenvalue weighted by atomic mass is 32.2. The lowest BCUT2D eigenvalue weighted by Gasteiger charge is -2.12. The molecule has 29 heavy (non-hydrogen) atoms. The number of hydrogen-bond donors (Lipinski definition) is 1. The highest BCUT2D eigenvalue weighted by molar-refractivity contribution is 8.00. The van der Waals surface area contributed by atoms with Crippen LogP contribution in [-0.2, 0) is 4.79 Å². The summed E-state index contributed by atoms with van der Waals surface area (Å²) >= 11 is 1.31. The molecule has 0 aliphatic rings. The van der Waals surface area contributed by atoms with Gasteiger partial charge in [-0.05, 0) is 60.2 Å². The number of hydrogen-bond acceptors (Lipinski definition) is 6. The summed E-state index contributed by atoms with van der Waals surface area (Å²) in [5.41, 5.74) is 3.16. The Morgan fingerprint density at radius 1 is 1.03 bits per heavy atom. The monoisotopic (exact) mass is 409 g/mol. The predicted molar refractivity (Wildman–Crippen MR) is 113 cm³/mol. The summed E-state index contributed by atoms with van der Waals surface area (Å²) in [6.45, 7) is 7.48. The van der Waals surface area contributed by atoms with E-state index >= 15 is 0 Å². The minimum atomic E-state index is -0.375. The highest BCUT2D eigenvalue weighted by Gasteiger charge is 2.21. The first-order valence-corrected chi connectivity index (χ1v) is 10.2. The van der Waals surface area contributed by atoms with Crippen molar-refractivity contribution < 1.29 is 9.59 Å². The maximum atomic E-state index is 12.8. The first kappa shape index (κ1) is 20.7. The molecule has 0 radical (unpaired) electrons. The Morgan fingerprint density at radius 2 is 1.72 bits per heavy atom. The smallest absolute Gasteiger partial charge is 0.226 e. The van der Waals surface area contributed by atoms with Gasteiger partial charge < -0.3 is 5.32 Å². The molecule has 0 spiro atoms. The van der Waals surface area contributed by atoms with Crippen LogP contribution < -0.4 is 5.32 Å². The van der Waals surface area contributed by atoms with Crippen molar-refractivity contribution in [2.75, 3.05) is 5.32 Å². The van der Waals surface area contributed by atoms with E-state index in [-0.39, 0.29) is 22.9 Å². The predicted octanol–water partition coefficient (Wildman–Crippen LogP) is 3.93. The van der Waals surface area contributed by atoms with Gasteiger partial charge in [0.15, 0.2) is 5.78 Å². The van der Waals surface area contributed by atoms with E-state index in [4.69, 9.17) is 0 Å².